The maximum atomic E-state index is 11.1. The van der Waals surface area contributed by atoms with Crippen LogP contribution in [0.5, 0.6) is 0 Å². The van der Waals surface area contributed by atoms with Gasteiger partial charge in [-0.2, -0.15) is 5.26 Å². The number of primary amides is 1. The van der Waals surface area contributed by atoms with Gasteiger partial charge in [0.15, 0.2) is 0 Å². The normalized spacial score (nSPS) is 9.68. The lowest BCUT2D eigenvalue weighted by molar-refractivity contribution is 0.100. The van der Waals surface area contributed by atoms with E-state index >= 15 is 0 Å². The van der Waals surface area contributed by atoms with E-state index in [1.54, 1.807) is 42.5 Å². The number of hydrogen-bond acceptors (Lipinski definition) is 3. The molecule has 0 saturated carbocycles. The smallest absolute Gasteiger partial charge is 0.248 e. The molecule has 1 amide bonds. The maximum Gasteiger partial charge on any atom is 0.248 e. The van der Waals surface area contributed by atoms with Crippen LogP contribution in [0.1, 0.15) is 15.9 Å². The number of nitrogens with one attached hydrogen (secondary N) is 1. The molecule has 0 aliphatic carbocycles. The van der Waals surface area contributed by atoms with Crippen LogP contribution in [0.2, 0.25) is 5.02 Å². The number of carbonyl (C=O) groups is 1. The van der Waals surface area contributed by atoms with E-state index in [1.165, 1.54) is 0 Å². The lowest BCUT2D eigenvalue weighted by Crippen LogP contribution is -2.10. The van der Waals surface area contributed by atoms with Crippen LogP contribution in [0.4, 0.5) is 11.4 Å². The van der Waals surface area contributed by atoms with Crippen LogP contribution in [-0.4, -0.2) is 5.91 Å². The minimum absolute atomic E-state index is 0.374. The topological polar surface area (TPSA) is 78.9 Å². The minimum Gasteiger partial charge on any atom is -0.366 e. The van der Waals surface area contributed by atoms with Crippen molar-refractivity contribution in [1.29, 1.82) is 5.26 Å². The molecular weight excluding hydrogens is 262 g/mol. The number of rotatable bonds is 3. The largest absolute Gasteiger partial charge is 0.366 e. The molecule has 19 heavy (non-hydrogen) atoms. The van der Waals surface area contributed by atoms with Gasteiger partial charge in [-0.25, -0.2) is 0 Å². The van der Waals surface area contributed by atoms with Gasteiger partial charge in [0.1, 0.15) is 6.07 Å². The van der Waals surface area contributed by atoms with Gasteiger partial charge in [0.25, 0.3) is 0 Å². The third-order valence-corrected chi connectivity index (χ3v) is 2.84. The first-order valence-corrected chi connectivity index (χ1v) is 5.84. The predicted octanol–water partition coefficient (Wildman–Crippen LogP) is 3.05. The Kier molecular flexibility index (Phi) is 3.69. The molecule has 2 rings (SSSR count). The lowest BCUT2D eigenvalue weighted by Gasteiger charge is -2.08. The van der Waals surface area contributed by atoms with Crippen LogP contribution >= 0.6 is 11.6 Å². The third kappa shape index (κ3) is 3.03. The van der Waals surface area contributed by atoms with Gasteiger partial charge >= 0.3 is 0 Å². The van der Waals surface area contributed by atoms with Gasteiger partial charge in [-0.05, 0) is 36.4 Å². The summed E-state index contributed by atoms with van der Waals surface area (Å²) in [6, 6.07) is 13.8. The standard InChI is InChI=1S/C14H10ClN3O/c15-13-7-12(5-4-10(13)8-16)18-11-3-1-2-9(6-11)14(17)19/h1-7,18H,(H2,17,19). The van der Waals surface area contributed by atoms with Crippen molar-refractivity contribution in [3.05, 3.63) is 58.6 Å². The van der Waals surface area contributed by atoms with E-state index < -0.39 is 5.91 Å². The molecule has 94 valence electrons. The molecule has 0 bridgehead atoms. The van der Waals surface area contributed by atoms with E-state index in [1.807, 2.05) is 6.07 Å². The monoisotopic (exact) mass is 271 g/mol. The number of amides is 1. The van der Waals surface area contributed by atoms with E-state index in [9.17, 15) is 4.79 Å². The van der Waals surface area contributed by atoms with Crippen molar-refractivity contribution in [2.24, 2.45) is 5.73 Å². The van der Waals surface area contributed by atoms with Crippen molar-refractivity contribution in [3.8, 4) is 6.07 Å². The minimum atomic E-state index is -0.485. The summed E-state index contributed by atoms with van der Waals surface area (Å²) in [6.07, 6.45) is 0. The molecule has 2 aromatic rings. The molecule has 0 unspecified atom stereocenters. The van der Waals surface area contributed by atoms with Crippen molar-refractivity contribution < 1.29 is 4.79 Å². The Labute approximate surface area is 115 Å². The molecule has 0 radical (unpaired) electrons. The van der Waals surface area contributed by atoms with Gasteiger partial charge in [0.2, 0.25) is 5.91 Å². The third-order valence-electron chi connectivity index (χ3n) is 2.53. The summed E-state index contributed by atoms with van der Waals surface area (Å²) in [4.78, 5) is 11.1. The van der Waals surface area contributed by atoms with Crippen molar-refractivity contribution in [2.45, 2.75) is 0 Å². The van der Waals surface area contributed by atoms with Gasteiger partial charge < -0.3 is 11.1 Å². The SMILES string of the molecule is N#Cc1ccc(Nc2cccc(C(N)=O)c2)cc1Cl. The fourth-order valence-electron chi connectivity index (χ4n) is 1.60. The second-order valence-corrected chi connectivity index (χ2v) is 4.28. The molecule has 5 heteroatoms. The second-order valence-electron chi connectivity index (χ2n) is 3.88. The summed E-state index contributed by atoms with van der Waals surface area (Å²) in [7, 11) is 0. The van der Waals surface area contributed by atoms with Gasteiger partial charge in [-0.15, -0.1) is 0 Å². The van der Waals surface area contributed by atoms with Crippen LogP contribution in [-0.2, 0) is 0 Å². The number of carbonyl (C=O) groups excluding carboxylic acids is 1. The maximum absolute atomic E-state index is 11.1. The number of hydrogen-bond donors (Lipinski definition) is 2. The number of nitrogens with zero attached hydrogens (tertiary/aromatic N) is 1. The van der Waals surface area contributed by atoms with Crippen LogP contribution in [0.15, 0.2) is 42.5 Å². The van der Waals surface area contributed by atoms with E-state index in [0.29, 0.717) is 16.1 Å². The molecule has 0 heterocycles. The molecule has 2 aromatic carbocycles. The highest BCUT2D eigenvalue weighted by Crippen LogP contribution is 2.23. The van der Waals surface area contributed by atoms with Crippen molar-refractivity contribution in [1.82, 2.24) is 0 Å². The first kappa shape index (κ1) is 12.9. The van der Waals surface area contributed by atoms with E-state index in [4.69, 9.17) is 22.6 Å². The summed E-state index contributed by atoms with van der Waals surface area (Å²) in [5, 5.41) is 12.3. The highest BCUT2D eigenvalue weighted by Gasteiger charge is 2.04. The number of nitrogens with two attached hydrogens (primary N) is 1. The highest BCUT2D eigenvalue weighted by atomic mass is 35.5. The Morgan fingerprint density at radius 2 is 1.95 bits per heavy atom. The Morgan fingerprint density at radius 3 is 2.58 bits per heavy atom. The summed E-state index contributed by atoms with van der Waals surface area (Å²) in [5.74, 6) is -0.485. The molecule has 0 aliphatic rings. The molecule has 0 spiro atoms. The highest BCUT2D eigenvalue weighted by molar-refractivity contribution is 6.32. The number of benzene rings is 2. The fourth-order valence-corrected chi connectivity index (χ4v) is 1.82. The van der Waals surface area contributed by atoms with Crippen molar-refractivity contribution in [2.75, 3.05) is 5.32 Å². The lowest BCUT2D eigenvalue weighted by atomic mass is 10.1. The zero-order valence-electron chi connectivity index (χ0n) is 9.85. The number of anilines is 2. The Morgan fingerprint density at radius 1 is 1.21 bits per heavy atom. The van der Waals surface area contributed by atoms with Gasteiger partial charge in [0, 0.05) is 16.9 Å². The predicted molar refractivity (Wildman–Crippen MR) is 74.4 cm³/mol. The Balaban J connectivity index is 2.26. The van der Waals surface area contributed by atoms with E-state index in [2.05, 4.69) is 5.32 Å². The molecule has 4 nitrogen and oxygen atoms in total. The van der Waals surface area contributed by atoms with Crippen LogP contribution in [0.3, 0.4) is 0 Å². The molecule has 0 fully saturated rings. The average Bonchev–Trinajstić information content (AvgIpc) is 2.39. The van der Waals surface area contributed by atoms with Gasteiger partial charge in [0.05, 0.1) is 10.6 Å². The summed E-state index contributed by atoms with van der Waals surface area (Å²) >= 11 is 5.94. The van der Waals surface area contributed by atoms with Crippen molar-refractivity contribution in [3.63, 3.8) is 0 Å². The summed E-state index contributed by atoms with van der Waals surface area (Å²) in [6.45, 7) is 0. The molecule has 0 aliphatic heterocycles. The van der Waals surface area contributed by atoms with Crippen LogP contribution in [0, 0.1) is 11.3 Å². The quantitative estimate of drug-likeness (QED) is 0.900. The zero-order valence-corrected chi connectivity index (χ0v) is 10.6. The van der Waals surface area contributed by atoms with Crippen LogP contribution in [0.25, 0.3) is 0 Å². The van der Waals surface area contributed by atoms with Gasteiger partial charge in [-0.3, -0.25) is 4.79 Å². The summed E-state index contributed by atoms with van der Waals surface area (Å²) < 4.78 is 0. The fraction of sp³-hybridized carbons (Fsp3) is 0. The number of nitriles is 1. The zero-order chi connectivity index (χ0) is 13.8. The molecular formula is C14H10ClN3O. The van der Waals surface area contributed by atoms with Crippen molar-refractivity contribution >= 4 is 28.9 Å². The average molecular weight is 272 g/mol. The molecule has 0 atom stereocenters. The first-order chi connectivity index (χ1) is 9.10. The molecule has 3 N–H and O–H groups in total. The van der Waals surface area contributed by atoms with E-state index in [-0.39, 0.29) is 0 Å². The van der Waals surface area contributed by atoms with Gasteiger partial charge in [-0.1, -0.05) is 17.7 Å². The molecule has 0 saturated heterocycles. The Bertz CT molecular complexity index is 677. The Hall–Kier alpha value is -2.51. The second kappa shape index (κ2) is 5.42. The first-order valence-electron chi connectivity index (χ1n) is 5.46. The molecule has 0 aromatic heterocycles. The van der Waals surface area contributed by atoms with E-state index in [0.717, 1.165) is 11.4 Å². The van der Waals surface area contributed by atoms with Crippen LogP contribution < -0.4 is 11.1 Å². The summed E-state index contributed by atoms with van der Waals surface area (Å²) in [5.41, 5.74) is 7.50. The number of halogens is 1.